The average molecular weight is 461 g/mol. The van der Waals surface area contributed by atoms with Crippen LogP contribution in [0.3, 0.4) is 0 Å². The first-order valence-corrected chi connectivity index (χ1v) is 9.80. The van der Waals surface area contributed by atoms with E-state index in [-0.39, 0.29) is 24.1 Å². The van der Waals surface area contributed by atoms with Gasteiger partial charge in [-0.25, -0.2) is 0 Å². The Labute approximate surface area is 180 Å². The van der Waals surface area contributed by atoms with Gasteiger partial charge in [0.1, 0.15) is 11.5 Å². The van der Waals surface area contributed by atoms with Crippen LogP contribution in [0.25, 0.3) is 0 Å². The summed E-state index contributed by atoms with van der Waals surface area (Å²) >= 11 is 0. The molecule has 0 fully saturated rings. The first-order chi connectivity index (χ1) is 14.7. The van der Waals surface area contributed by atoms with Gasteiger partial charge in [0.25, 0.3) is 5.60 Å². The Bertz CT molecular complexity index is 1020. The Hall–Kier alpha value is -2.62. The van der Waals surface area contributed by atoms with E-state index in [1.807, 2.05) is 0 Å². The Morgan fingerprint density at radius 1 is 1.06 bits per heavy atom. The molecule has 2 aromatic rings. The normalized spacial score (nSPS) is 22.1. The quantitative estimate of drug-likeness (QED) is 0.584. The number of halogens is 6. The fourth-order valence-electron chi connectivity index (χ4n) is 4.69. The van der Waals surface area contributed by atoms with Crippen molar-refractivity contribution in [2.24, 2.45) is 5.92 Å². The molecule has 10 heteroatoms. The summed E-state index contributed by atoms with van der Waals surface area (Å²) in [5, 5.41) is 13.1. The lowest BCUT2D eigenvalue weighted by molar-refractivity contribution is -0.376. The zero-order valence-corrected chi connectivity index (χ0v) is 17.4. The second kappa shape index (κ2) is 6.94. The Morgan fingerprint density at radius 2 is 1.72 bits per heavy atom. The Kier molecular flexibility index (Phi) is 4.89. The number of hydrogen-bond acceptors (Lipinski definition) is 4. The number of ether oxygens (including phenoxy) is 2. The van der Waals surface area contributed by atoms with Crippen molar-refractivity contribution in [1.29, 1.82) is 0 Å². The first-order valence-electron chi connectivity index (χ1n) is 9.80. The summed E-state index contributed by atoms with van der Waals surface area (Å²) in [4.78, 5) is 0. The Morgan fingerprint density at radius 3 is 2.31 bits per heavy atom. The van der Waals surface area contributed by atoms with E-state index < -0.39 is 28.9 Å². The van der Waals surface area contributed by atoms with Gasteiger partial charge in [-0.1, -0.05) is 26.0 Å². The van der Waals surface area contributed by atoms with Gasteiger partial charge in [0.05, 0.1) is 25.3 Å². The molecule has 0 aromatic heterocycles. The Balaban J connectivity index is 1.87. The van der Waals surface area contributed by atoms with E-state index in [0.717, 1.165) is 17.7 Å². The number of aliphatic hydroxyl groups is 1. The van der Waals surface area contributed by atoms with Gasteiger partial charge in [-0.2, -0.15) is 26.3 Å². The molecule has 2 aliphatic rings. The molecule has 2 aliphatic heterocycles. The maximum Gasteiger partial charge on any atom is 0.430 e. The van der Waals surface area contributed by atoms with Crippen molar-refractivity contribution in [1.82, 2.24) is 0 Å². The first kappa shape index (κ1) is 22.6. The van der Waals surface area contributed by atoms with Crippen LogP contribution in [-0.4, -0.2) is 31.2 Å². The van der Waals surface area contributed by atoms with Crippen LogP contribution in [0.2, 0.25) is 0 Å². The van der Waals surface area contributed by atoms with Gasteiger partial charge < -0.3 is 19.9 Å². The van der Waals surface area contributed by atoms with Crippen molar-refractivity contribution in [3.05, 3.63) is 53.1 Å². The van der Waals surface area contributed by atoms with E-state index in [4.69, 9.17) is 9.47 Å². The molecule has 0 aliphatic carbocycles. The highest BCUT2D eigenvalue weighted by Crippen LogP contribution is 2.56. The van der Waals surface area contributed by atoms with Gasteiger partial charge in [0.15, 0.2) is 0 Å². The fraction of sp³-hybridized carbons (Fsp3) is 0.455. The predicted molar refractivity (Wildman–Crippen MR) is 104 cm³/mol. The molecule has 2 heterocycles. The van der Waals surface area contributed by atoms with Gasteiger partial charge in [-0.05, 0) is 29.8 Å². The summed E-state index contributed by atoms with van der Waals surface area (Å²) < 4.78 is 91.8. The molecule has 2 N–H and O–H groups in total. The number of fused-ring (bicyclic) bond motifs is 4. The maximum absolute atomic E-state index is 13.4. The van der Waals surface area contributed by atoms with Crippen molar-refractivity contribution in [3.8, 4) is 11.5 Å². The van der Waals surface area contributed by atoms with Crippen LogP contribution in [0.15, 0.2) is 36.4 Å². The van der Waals surface area contributed by atoms with Crippen molar-refractivity contribution in [2.75, 3.05) is 19.0 Å². The molecular formula is C22H21F6NO3. The molecule has 4 nitrogen and oxygen atoms in total. The molecule has 0 spiro atoms. The van der Waals surface area contributed by atoms with Gasteiger partial charge in [0.2, 0.25) is 0 Å². The van der Waals surface area contributed by atoms with Gasteiger partial charge in [-0.15, -0.1) is 0 Å². The molecule has 0 radical (unpaired) electrons. The zero-order valence-electron chi connectivity index (χ0n) is 17.4. The highest BCUT2D eigenvalue weighted by atomic mass is 19.4. The van der Waals surface area contributed by atoms with Crippen LogP contribution in [0.5, 0.6) is 11.5 Å². The third-order valence-electron chi connectivity index (χ3n) is 6.57. The summed E-state index contributed by atoms with van der Waals surface area (Å²) in [7, 11) is 1.50. The lowest BCUT2D eigenvalue weighted by atomic mass is 9.64. The largest absolute Gasteiger partial charge is 0.496 e. The van der Waals surface area contributed by atoms with E-state index >= 15 is 0 Å². The number of benzene rings is 2. The number of alkyl halides is 6. The summed E-state index contributed by atoms with van der Waals surface area (Å²) in [6.07, 6.45) is -11.9. The van der Waals surface area contributed by atoms with Crippen LogP contribution >= 0.6 is 0 Å². The van der Waals surface area contributed by atoms with Crippen molar-refractivity contribution >= 4 is 5.69 Å². The van der Waals surface area contributed by atoms with E-state index in [1.54, 1.807) is 32.0 Å². The molecule has 0 saturated heterocycles. The fourth-order valence-corrected chi connectivity index (χ4v) is 4.69. The maximum atomic E-state index is 13.4. The topological polar surface area (TPSA) is 50.7 Å². The summed E-state index contributed by atoms with van der Waals surface area (Å²) in [6.45, 7) is 3.66. The van der Waals surface area contributed by atoms with E-state index in [2.05, 4.69) is 5.32 Å². The van der Waals surface area contributed by atoms with Crippen molar-refractivity contribution < 1.29 is 40.9 Å². The monoisotopic (exact) mass is 461 g/mol. The summed E-state index contributed by atoms with van der Waals surface area (Å²) in [5.74, 6) is 0.820. The average Bonchev–Trinajstić information content (AvgIpc) is 2.70. The van der Waals surface area contributed by atoms with Gasteiger partial charge in [0, 0.05) is 22.6 Å². The van der Waals surface area contributed by atoms with E-state index in [9.17, 15) is 31.4 Å². The number of methoxy groups -OCH3 is 1. The molecule has 0 bridgehead atoms. The van der Waals surface area contributed by atoms with Crippen LogP contribution in [0, 0.1) is 5.92 Å². The number of anilines is 1. The lowest BCUT2D eigenvalue weighted by Crippen LogP contribution is -2.54. The SMILES string of the molecule is COc1cccc2c1C1Nc3ccc(C(O)(C(F)(F)F)C(F)(F)F)cc3C(C)(C)C1CO2. The van der Waals surface area contributed by atoms with Gasteiger partial charge in [-0.3, -0.25) is 0 Å². The van der Waals surface area contributed by atoms with E-state index in [0.29, 0.717) is 23.3 Å². The van der Waals surface area contributed by atoms with Crippen molar-refractivity contribution in [2.45, 2.75) is 43.3 Å². The minimum Gasteiger partial charge on any atom is -0.496 e. The molecule has 2 atom stereocenters. The van der Waals surface area contributed by atoms with E-state index in [1.165, 1.54) is 7.11 Å². The minimum atomic E-state index is -5.95. The predicted octanol–water partition coefficient (Wildman–Crippen LogP) is 5.46. The molecule has 4 rings (SSSR count). The molecule has 32 heavy (non-hydrogen) atoms. The smallest absolute Gasteiger partial charge is 0.430 e. The van der Waals surface area contributed by atoms with Crippen LogP contribution in [-0.2, 0) is 11.0 Å². The van der Waals surface area contributed by atoms with Crippen LogP contribution < -0.4 is 14.8 Å². The van der Waals surface area contributed by atoms with Crippen LogP contribution in [0.4, 0.5) is 32.0 Å². The second-order valence-corrected chi connectivity index (χ2v) is 8.60. The molecule has 2 aromatic carbocycles. The highest BCUT2D eigenvalue weighted by Gasteiger charge is 2.71. The number of hydrogen-bond donors (Lipinski definition) is 2. The molecule has 2 unspecified atom stereocenters. The standard InChI is InChI=1S/C22H21F6NO3/c1-19(2)12-9-11(20(30,21(23,24)25)22(26,27)28)7-8-14(12)29-18-13(19)10-32-16-6-4-5-15(31-3)17(16)18/h4-9,13,18,29-30H,10H2,1-3H3. The summed E-state index contributed by atoms with van der Waals surface area (Å²) in [6, 6.07) is 7.55. The highest BCUT2D eigenvalue weighted by molar-refractivity contribution is 5.64. The van der Waals surface area contributed by atoms with Crippen LogP contribution in [0.1, 0.15) is 36.6 Å². The number of nitrogens with one attached hydrogen (secondary N) is 1. The zero-order chi connectivity index (χ0) is 23.7. The molecule has 0 saturated carbocycles. The third-order valence-corrected chi connectivity index (χ3v) is 6.57. The second-order valence-electron chi connectivity index (χ2n) is 8.60. The minimum absolute atomic E-state index is 0.192. The number of rotatable bonds is 2. The summed E-state index contributed by atoms with van der Waals surface area (Å²) in [5.41, 5.74) is -5.82. The van der Waals surface area contributed by atoms with Crippen molar-refractivity contribution in [3.63, 3.8) is 0 Å². The molecule has 174 valence electrons. The molecular weight excluding hydrogens is 440 g/mol. The third kappa shape index (κ3) is 3.02. The van der Waals surface area contributed by atoms with Gasteiger partial charge >= 0.3 is 12.4 Å². The molecule has 0 amide bonds. The lowest BCUT2D eigenvalue weighted by Gasteiger charge is -2.49.